The van der Waals surface area contributed by atoms with Crippen LogP contribution >= 0.6 is 0 Å². The van der Waals surface area contributed by atoms with Gasteiger partial charge in [0.1, 0.15) is 5.82 Å². The van der Waals surface area contributed by atoms with Gasteiger partial charge in [-0.25, -0.2) is 9.07 Å². The summed E-state index contributed by atoms with van der Waals surface area (Å²) in [6, 6.07) is 4.52. The highest BCUT2D eigenvalue weighted by Crippen LogP contribution is 2.20. The normalized spacial score (nSPS) is 10.8. The minimum atomic E-state index is -0.473. The van der Waals surface area contributed by atoms with Crippen LogP contribution in [-0.4, -0.2) is 33.9 Å². The van der Waals surface area contributed by atoms with E-state index in [4.69, 9.17) is 10.5 Å². The van der Waals surface area contributed by atoms with Crippen molar-refractivity contribution in [2.45, 2.75) is 13.0 Å². The maximum atomic E-state index is 13.4. The van der Waals surface area contributed by atoms with Crippen molar-refractivity contribution < 1.29 is 9.13 Å². The second kappa shape index (κ2) is 5.54. The lowest BCUT2D eigenvalue weighted by Gasteiger charge is -2.05. The van der Waals surface area contributed by atoms with Crippen LogP contribution in [0.3, 0.4) is 0 Å². The SMILES string of the molecule is COCCCn1nnnc1-c1ccc(N)c(F)c1. The molecule has 2 aromatic rings. The average molecular weight is 251 g/mol. The van der Waals surface area contributed by atoms with Crippen molar-refractivity contribution in [3.63, 3.8) is 0 Å². The van der Waals surface area contributed by atoms with Gasteiger partial charge in [0.05, 0.1) is 5.69 Å². The summed E-state index contributed by atoms with van der Waals surface area (Å²) in [7, 11) is 1.63. The first-order valence-corrected chi connectivity index (χ1v) is 5.53. The first kappa shape index (κ1) is 12.4. The number of tetrazole rings is 1. The van der Waals surface area contributed by atoms with Gasteiger partial charge in [-0.05, 0) is 35.0 Å². The standard InChI is InChI=1S/C11H14FN5O/c1-18-6-2-5-17-11(14-15-16-17)8-3-4-10(13)9(12)7-8/h3-4,7H,2,5-6,13H2,1H3. The number of ether oxygens (including phenoxy) is 1. The summed E-state index contributed by atoms with van der Waals surface area (Å²) >= 11 is 0. The number of benzene rings is 1. The molecule has 0 saturated carbocycles. The molecule has 7 heteroatoms. The highest BCUT2D eigenvalue weighted by molar-refractivity contribution is 5.58. The molecule has 0 fully saturated rings. The lowest BCUT2D eigenvalue weighted by Crippen LogP contribution is -2.05. The summed E-state index contributed by atoms with van der Waals surface area (Å²) in [6.07, 6.45) is 0.784. The fourth-order valence-electron chi connectivity index (χ4n) is 1.59. The number of nitrogen functional groups attached to an aromatic ring is 1. The van der Waals surface area contributed by atoms with Gasteiger partial charge in [0.25, 0.3) is 0 Å². The van der Waals surface area contributed by atoms with E-state index >= 15 is 0 Å². The third-order valence-corrected chi connectivity index (χ3v) is 2.51. The zero-order valence-electron chi connectivity index (χ0n) is 10.0. The molecule has 6 nitrogen and oxygen atoms in total. The van der Waals surface area contributed by atoms with Crippen LogP contribution in [0.15, 0.2) is 18.2 Å². The topological polar surface area (TPSA) is 78.8 Å². The fourth-order valence-corrected chi connectivity index (χ4v) is 1.59. The molecule has 0 aliphatic carbocycles. The average Bonchev–Trinajstić information content (AvgIpc) is 2.81. The summed E-state index contributed by atoms with van der Waals surface area (Å²) in [5.41, 5.74) is 6.14. The summed E-state index contributed by atoms with van der Waals surface area (Å²) in [4.78, 5) is 0. The Labute approximate surface area is 104 Å². The van der Waals surface area contributed by atoms with Crippen LogP contribution in [-0.2, 0) is 11.3 Å². The summed E-state index contributed by atoms with van der Waals surface area (Å²) in [5.74, 6) is 0.0453. The Hall–Kier alpha value is -2.02. The Morgan fingerprint density at radius 3 is 3.00 bits per heavy atom. The monoisotopic (exact) mass is 251 g/mol. The van der Waals surface area contributed by atoms with Gasteiger partial charge in [-0.3, -0.25) is 0 Å². The van der Waals surface area contributed by atoms with E-state index in [0.29, 0.717) is 24.5 Å². The molecule has 2 N–H and O–H groups in total. The maximum absolute atomic E-state index is 13.4. The Morgan fingerprint density at radius 2 is 2.28 bits per heavy atom. The highest BCUT2D eigenvalue weighted by Gasteiger charge is 2.10. The van der Waals surface area contributed by atoms with Gasteiger partial charge < -0.3 is 10.5 Å². The largest absolute Gasteiger partial charge is 0.396 e. The van der Waals surface area contributed by atoms with Gasteiger partial charge in [-0.15, -0.1) is 5.10 Å². The van der Waals surface area contributed by atoms with Crippen LogP contribution in [0, 0.1) is 5.82 Å². The van der Waals surface area contributed by atoms with Gasteiger partial charge in [-0.2, -0.15) is 0 Å². The quantitative estimate of drug-likeness (QED) is 0.636. The predicted molar refractivity (Wildman–Crippen MR) is 64.1 cm³/mol. The van der Waals surface area contributed by atoms with E-state index in [0.717, 1.165) is 6.42 Å². The molecule has 0 amide bonds. The van der Waals surface area contributed by atoms with Crippen molar-refractivity contribution in [2.24, 2.45) is 0 Å². The number of anilines is 1. The minimum Gasteiger partial charge on any atom is -0.396 e. The van der Waals surface area contributed by atoms with Crippen LogP contribution in [0.4, 0.5) is 10.1 Å². The molecule has 0 atom stereocenters. The molecular weight excluding hydrogens is 237 g/mol. The summed E-state index contributed by atoms with van der Waals surface area (Å²) in [6.45, 7) is 1.23. The van der Waals surface area contributed by atoms with E-state index in [1.54, 1.807) is 17.9 Å². The van der Waals surface area contributed by atoms with Gasteiger partial charge in [-0.1, -0.05) is 0 Å². The van der Waals surface area contributed by atoms with Crippen LogP contribution in [0.1, 0.15) is 6.42 Å². The second-order valence-electron chi connectivity index (χ2n) is 3.81. The van der Waals surface area contributed by atoms with E-state index in [1.807, 2.05) is 0 Å². The van der Waals surface area contributed by atoms with Crippen molar-refractivity contribution in [2.75, 3.05) is 19.5 Å². The highest BCUT2D eigenvalue weighted by atomic mass is 19.1. The maximum Gasteiger partial charge on any atom is 0.182 e. The van der Waals surface area contributed by atoms with Crippen molar-refractivity contribution in [3.05, 3.63) is 24.0 Å². The number of methoxy groups -OCH3 is 1. The van der Waals surface area contributed by atoms with E-state index < -0.39 is 5.82 Å². The lowest BCUT2D eigenvalue weighted by atomic mass is 10.2. The second-order valence-corrected chi connectivity index (χ2v) is 3.81. The molecule has 0 bridgehead atoms. The Balaban J connectivity index is 2.22. The molecule has 0 radical (unpaired) electrons. The van der Waals surface area contributed by atoms with Gasteiger partial charge in [0, 0.05) is 25.8 Å². The third kappa shape index (κ3) is 2.62. The molecule has 0 spiro atoms. The molecule has 18 heavy (non-hydrogen) atoms. The Morgan fingerprint density at radius 1 is 1.44 bits per heavy atom. The molecule has 0 aliphatic heterocycles. The molecule has 0 aliphatic rings. The Bertz CT molecular complexity index is 528. The van der Waals surface area contributed by atoms with Gasteiger partial charge in [0.15, 0.2) is 5.82 Å². The summed E-state index contributed by atoms with van der Waals surface area (Å²) < 4.78 is 20.0. The number of nitrogens with zero attached hydrogens (tertiary/aromatic N) is 4. The zero-order chi connectivity index (χ0) is 13.0. The number of aromatic nitrogens is 4. The number of rotatable bonds is 5. The van der Waals surface area contributed by atoms with Crippen molar-refractivity contribution in [1.29, 1.82) is 0 Å². The molecule has 0 saturated heterocycles. The van der Waals surface area contributed by atoms with Gasteiger partial charge >= 0.3 is 0 Å². The number of hydrogen-bond donors (Lipinski definition) is 1. The molecule has 1 heterocycles. The zero-order valence-corrected chi connectivity index (χ0v) is 10.0. The predicted octanol–water partition coefficient (Wildman–Crippen LogP) is 1.10. The smallest absolute Gasteiger partial charge is 0.182 e. The third-order valence-electron chi connectivity index (χ3n) is 2.51. The van der Waals surface area contributed by atoms with Crippen LogP contribution in [0.25, 0.3) is 11.4 Å². The molecule has 1 aromatic carbocycles. The molecule has 96 valence electrons. The fraction of sp³-hybridized carbons (Fsp3) is 0.364. The van der Waals surface area contributed by atoms with Crippen molar-refractivity contribution >= 4 is 5.69 Å². The first-order chi connectivity index (χ1) is 8.72. The van der Waals surface area contributed by atoms with Crippen molar-refractivity contribution in [3.8, 4) is 11.4 Å². The molecule has 2 rings (SSSR count). The first-order valence-electron chi connectivity index (χ1n) is 5.53. The van der Waals surface area contributed by atoms with E-state index in [2.05, 4.69) is 15.5 Å². The van der Waals surface area contributed by atoms with Crippen LogP contribution in [0.2, 0.25) is 0 Å². The van der Waals surface area contributed by atoms with Crippen molar-refractivity contribution in [1.82, 2.24) is 20.2 Å². The molecule has 1 aromatic heterocycles. The van der Waals surface area contributed by atoms with Crippen LogP contribution < -0.4 is 5.73 Å². The lowest BCUT2D eigenvalue weighted by molar-refractivity contribution is 0.189. The Kier molecular flexibility index (Phi) is 3.83. The van der Waals surface area contributed by atoms with E-state index in [-0.39, 0.29) is 5.69 Å². The minimum absolute atomic E-state index is 0.108. The van der Waals surface area contributed by atoms with E-state index in [9.17, 15) is 4.39 Å². The number of nitrogens with two attached hydrogens (primary N) is 1. The van der Waals surface area contributed by atoms with E-state index in [1.165, 1.54) is 12.1 Å². The van der Waals surface area contributed by atoms with Crippen LogP contribution in [0.5, 0.6) is 0 Å². The molecular formula is C11H14FN5O. The number of halogens is 1. The number of hydrogen-bond acceptors (Lipinski definition) is 5. The van der Waals surface area contributed by atoms with Gasteiger partial charge in [0.2, 0.25) is 0 Å². The summed E-state index contributed by atoms with van der Waals surface area (Å²) in [5, 5.41) is 11.4. The number of aryl methyl sites for hydroxylation is 1. The molecule has 0 unspecified atom stereocenters.